The number of anilines is 1. The third-order valence-electron chi connectivity index (χ3n) is 3.90. The van der Waals surface area contributed by atoms with Gasteiger partial charge in [0.25, 0.3) is 0 Å². The molecule has 1 heterocycles. The molecule has 146 valence electrons. The molecule has 0 radical (unpaired) electrons. The van der Waals surface area contributed by atoms with Gasteiger partial charge >= 0.3 is 0 Å². The number of nitrogens with one attached hydrogen (secondary N) is 1. The van der Waals surface area contributed by atoms with Crippen LogP contribution in [0.15, 0.2) is 30.3 Å². The molecule has 0 atom stereocenters. The molecular formula is C18H17ClFN5O3. The molecule has 0 saturated carbocycles. The van der Waals surface area contributed by atoms with Crippen molar-refractivity contribution >= 4 is 23.2 Å². The second kappa shape index (κ2) is 8.22. The molecule has 3 aromatic rings. The first-order valence-corrected chi connectivity index (χ1v) is 8.54. The van der Waals surface area contributed by atoms with E-state index < -0.39 is 5.91 Å². The lowest BCUT2D eigenvalue weighted by molar-refractivity contribution is -0.117. The number of hydrogen-bond donors (Lipinski definition) is 1. The summed E-state index contributed by atoms with van der Waals surface area (Å²) in [7, 11) is 2.93. The number of tetrazole rings is 1. The van der Waals surface area contributed by atoms with Gasteiger partial charge in [0.05, 0.1) is 24.9 Å². The smallest absolute Gasteiger partial charge is 0.248 e. The standard InChI is InChI=1S/C18H17ClFN5O3/c1-10-6-11(4-5-13(10)20)18-22-24-25(23-18)9-17(26)21-14-8-15(27-2)12(19)7-16(14)28-3/h4-8H,9H2,1-3H3,(H,21,26). The first kappa shape index (κ1) is 19.6. The summed E-state index contributed by atoms with van der Waals surface area (Å²) in [6.07, 6.45) is 0. The van der Waals surface area contributed by atoms with E-state index in [-0.39, 0.29) is 12.4 Å². The van der Waals surface area contributed by atoms with Gasteiger partial charge in [-0.3, -0.25) is 4.79 Å². The van der Waals surface area contributed by atoms with E-state index >= 15 is 0 Å². The summed E-state index contributed by atoms with van der Waals surface area (Å²) in [5, 5.41) is 15.0. The molecule has 0 aliphatic heterocycles. The van der Waals surface area contributed by atoms with Crippen LogP contribution in [0.5, 0.6) is 11.5 Å². The van der Waals surface area contributed by atoms with E-state index in [1.807, 2.05) is 0 Å². The lowest BCUT2D eigenvalue weighted by Crippen LogP contribution is -2.20. The van der Waals surface area contributed by atoms with Gasteiger partial charge in [-0.2, -0.15) is 4.80 Å². The summed E-state index contributed by atoms with van der Waals surface area (Å²) in [4.78, 5) is 13.5. The Kier molecular flexibility index (Phi) is 5.74. The number of nitrogens with zero attached hydrogens (tertiary/aromatic N) is 4. The molecule has 0 saturated heterocycles. The van der Waals surface area contributed by atoms with Crippen molar-refractivity contribution in [2.45, 2.75) is 13.5 Å². The van der Waals surface area contributed by atoms with Gasteiger partial charge < -0.3 is 14.8 Å². The number of rotatable bonds is 6. The molecular weight excluding hydrogens is 389 g/mol. The number of carbonyl (C=O) groups is 1. The fraction of sp³-hybridized carbons (Fsp3) is 0.222. The predicted octanol–water partition coefficient (Wildman–Crippen LogP) is 3.10. The van der Waals surface area contributed by atoms with Crippen molar-refractivity contribution in [3.8, 4) is 22.9 Å². The van der Waals surface area contributed by atoms with Crippen molar-refractivity contribution in [3.05, 3.63) is 46.7 Å². The fourth-order valence-corrected chi connectivity index (χ4v) is 2.72. The number of benzene rings is 2. The van der Waals surface area contributed by atoms with Crippen LogP contribution in [0.1, 0.15) is 5.56 Å². The molecule has 8 nitrogen and oxygen atoms in total. The molecule has 1 amide bonds. The highest BCUT2D eigenvalue weighted by Gasteiger charge is 2.15. The number of aromatic nitrogens is 4. The average molecular weight is 406 g/mol. The van der Waals surface area contributed by atoms with Gasteiger partial charge in [-0.25, -0.2) is 4.39 Å². The summed E-state index contributed by atoms with van der Waals surface area (Å²) in [6, 6.07) is 7.59. The van der Waals surface area contributed by atoms with Crippen molar-refractivity contribution in [1.29, 1.82) is 0 Å². The third-order valence-corrected chi connectivity index (χ3v) is 4.20. The Balaban J connectivity index is 1.74. The summed E-state index contributed by atoms with van der Waals surface area (Å²) in [6.45, 7) is 1.46. The molecule has 1 aromatic heterocycles. The van der Waals surface area contributed by atoms with Gasteiger partial charge in [0.15, 0.2) is 0 Å². The van der Waals surface area contributed by atoms with Crippen molar-refractivity contribution in [3.63, 3.8) is 0 Å². The summed E-state index contributed by atoms with van der Waals surface area (Å²) >= 11 is 6.05. The first-order valence-electron chi connectivity index (χ1n) is 8.17. The summed E-state index contributed by atoms with van der Waals surface area (Å²) < 4.78 is 23.8. The topological polar surface area (TPSA) is 91.2 Å². The van der Waals surface area contributed by atoms with Gasteiger partial charge in [0.1, 0.15) is 23.9 Å². The molecule has 2 aromatic carbocycles. The lowest BCUT2D eigenvalue weighted by atomic mass is 10.1. The number of carbonyl (C=O) groups excluding carboxylic acids is 1. The molecule has 0 spiro atoms. The van der Waals surface area contributed by atoms with Crippen LogP contribution < -0.4 is 14.8 Å². The Morgan fingerprint density at radius 3 is 2.64 bits per heavy atom. The Labute approximate surface area is 165 Å². The SMILES string of the molecule is COc1cc(NC(=O)Cn2nnc(-c3ccc(F)c(C)c3)n2)c(OC)cc1Cl. The predicted molar refractivity (Wildman–Crippen MR) is 101 cm³/mol. The van der Waals surface area contributed by atoms with E-state index in [1.165, 1.54) is 20.3 Å². The van der Waals surface area contributed by atoms with E-state index in [1.54, 1.807) is 31.2 Å². The summed E-state index contributed by atoms with van der Waals surface area (Å²) in [5.41, 5.74) is 1.47. The Bertz CT molecular complexity index is 1020. The van der Waals surface area contributed by atoms with Crippen molar-refractivity contribution in [2.24, 2.45) is 0 Å². The molecule has 1 N–H and O–H groups in total. The highest BCUT2D eigenvalue weighted by molar-refractivity contribution is 6.32. The zero-order valence-electron chi connectivity index (χ0n) is 15.4. The molecule has 0 aliphatic carbocycles. The fourth-order valence-electron chi connectivity index (χ4n) is 2.49. The van der Waals surface area contributed by atoms with Crippen molar-refractivity contribution < 1.29 is 18.7 Å². The first-order chi connectivity index (χ1) is 13.4. The minimum absolute atomic E-state index is 0.179. The van der Waals surface area contributed by atoms with Crippen LogP contribution in [0, 0.1) is 12.7 Å². The quantitative estimate of drug-likeness (QED) is 0.677. The van der Waals surface area contributed by atoms with Crippen molar-refractivity contribution in [1.82, 2.24) is 20.2 Å². The molecule has 28 heavy (non-hydrogen) atoms. The molecule has 0 aliphatic rings. The highest BCUT2D eigenvalue weighted by atomic mass is 35.5. The minimum Gasteiger partial charge on any atom is -0.495 e. The number of hydrogen-bond acceptors (Lipinski definition) is 6. The molecule has 0 bridgehead atoms. The van der Waals surface area contributed by atoms with E-state index in [9.17, 15) is 9.18 Å². The zero-order valence-corrected chi connectivity index (χ0v) is 16.1. The van der Waals surface area contributed by atoms with Crippen LogP contribution in [0.2, 0.25) is 5.02 Å². The van der Waals surface area contributed by atoms with Gasteiger partial charge in [-0.15, -0.1) is 10.2 Å². The highest BCUT2D eigenvalue weighted by Crippen LogP contribution is 2.35. The van der Waals surface area contributed by atoms with E-state index in [4.69, 9.17) is 21.1 Å². The van der Waals surface area contributed by atoms with Crippen LogP contribution in [-0.2, 0) is 11.3 Å². The Hall–Kier alpha value is -3.20. The second-order valence-electron chi connectivity index (χ2n) is 5.84. The number of halogens is 2. The Morgan fingerprint density at radius 2 is 1.96 bits per heavy atom. The molecule has 10 heteroatoms. The maximum absolute atomic E-state index is 13.4. The summed E-state index contributed by atoms with van der Waals surface area (Å²) in [5.74, 6) is 0.352. The van der Waals surface area contributed by atoms with Crippen LogP contribution in [0.4, 0.5) is 10.1 Å². The molecule has 0 unspecified atom stereocenters. The second-order valence-corrected chi connectivity index (χ2v) is 6.25. The molecule has 0 fully saturated rings. The van der Waals surface area contributed by atoms with Crippen LogP contribution in [0.25, 0.3) is 11.4 Å². The van der Waals surface area contributed by atoms with Gasteiger partial charge in [-0.1, -0.05) is 11.6 Å². The van der Waals surface area contributed by atoms with E-state index in [0.717, 1.165) is 4.80 Å². The van der Waals surface area contributed by atoms with Gasteiger partial charge in [0, 0.05) is 17.7 Å². The van der Waals surface area contributed by atoms with Crippen LogP contribution in [-0.4, -0.2) is 40.3 Å². The van der Waals surface area contributed by atoms with Gasteiger partial charge in [0.2, 0.25) is 11.7 Å². The monoisotopic (exact) mass is 405 g/mol. The number of amides is 1. The normalized spacial score (nSPS) is 10.6. The number of aryl methyl sites for hydroxylation is 1. The Morgan fingerprint density at radius 1 is 1.21 bits per heavy atom. The zero-order chi connectivity index (χ0) is 20.3. The molecule has 3 rings (SSSR count). The van der Waals surface area contributed by atoms with E-state index in [2.05, 4.69) is 20.7 Å². The maximum atomic E-state index is 13.4. The lowest BCUT2D eigenvalue weighted by Gasteiger charge is -2.12. The number of ether oxygens (including phenoxy) is 2. The van der Waals surface area contributed by atoms with Crippen LogP contribution in [0.3, 0.4) is 0 Å². The van der Waals surface area contributed by atoms with Crippen LogP contribution >= 0.6 is 11.6 Å². The average Bonchev–Trinajstić information content (AvgIpc) is 3.13. The largest absolute Gasteiger partial charge is 0.495 e. The maximum Gasteiger partial charge on any atom is 0.248 e. The minimum atomic E-state index is -0.401. The third kappa shape index (κ3) is 4.20. The van der Waals surface area contributed by atoms with Gasteiger partial charge in [-0.05, 0) is 35.9 Å². The number of methoxy groups -OCH3 is 2. The van der Waals surface area contributed by atoms with E-state index in [0.29, 0.717) is 39.2 Å². The van der Waals surface area contributed by atoms with Crippen molar-refractivity contribution in [2.75, 3.05) is 19.5 Å².